The standard InChI is InChI=1S/C18H18N2O4S/c1-12-7-8-13(2)16(11-12)25(23,24)19-9-10-20-17(21)14-5-3-4-6-15(14)18(20)22/h3-8,11,19H,9-10H2,1-2H3. The van der Waals surface area contributed by atoms with Crippen LogP contribution in [0.1, 0.15) is 31.8 Å². The molecule has 2 aromatic rings. The van der Waals surface area contributed by atoms with E-state index in [0.29, 0.717) is 16.7 Å². The number of benzene rings is 2. The minimum absolute atomic E-state index is 0.0174. The average molecular weight is 358 g/mol. The fraction of sp³-hybridized carbons (Fsp3) is 0.222. The quantitative estimate of drug-likeness (QED) is 0.827. The second-order valence-corrected chi connectivity index (χ2v) is 7.71. The summed E-state index contributed by atoms with van der Waals surface area (Å²) in [5, 5.41) is 0. The molecule has 25 heavy (non-hydrogen) atoms. The van der Waals surface area contributed by atoms with Gasteiger partial charge in [-0.2, -0.15) is 0 Å². The molecule has 0 unspecified atom stereocenters. The molecule has 7 heteroatoms. The lowest BCUT2D eigenvalue weighted by molar-refractivity contribution is 0.0657. The van der Waals surface area contributed by atoms with Gasteiger partial charge < -0.3 is 0 Å². The first-order chi connectivity index (χ1) is 11.8. The minimum Gasteiger partial charge on any atom is -0.273 e. The van der Waals surface area contributed by atoms with Gasteiger partial charge in [-0.05, 0) is 43.2 Å². The molecule has 0 aromatic heterocycles. The van der Waals surface area contributed by atoms with Gasteiger partial charge in [0.1, 0.15) is 0 Å². The van der Waals surface area contributed by atoms with Crippen LogP contribution >= 0.6 is 0 Å². The summed E-state index contributed by atoms with van der Waals surface area (Å²) in [6.07, 6.45) is 0. The maximum atomic E-state index is 12.5. The Labute approximate surface area is 146 Å². The van der Waals surface area contributed by atoms with Gasteiger partial charge in [0.15, 0.2) is 0 Å². The molecule has 1 aliphatic heterocycles. The normalized spacial score (nSPS) is 14.1. The first-order valence-corrected chi connectivity index (χ1v) is 9.32. The van der Waals surface area contributed by atoms with Crippen molar-refractivity contribution in [3.05, 3.63) is 64.7 Å². The van der Waals surface area contributed by atoms with Crippen molar-refractivity contribution < 1.29 is 18.0 Å². The maximum Gasteiger partial charge on any atom is 0.261 e. The maximum absolute atomic E-state index is 12.5. The number of aryl methyl sites for hydroxylation is 2. The van der Waals surface area contributed by atoms with Crippen molar-refractivity contribution in [2.24, 2.45) is 0 Å². The van der Waals surface area contributed by atoms with Crippen LogP contribution in [0.25, 0.3) is 0 Å². The van der Waals surface area contributed by atoms with E-state index < -0.39 is 21.8 Å². The van der Waals surface area contributed by atoms with Crippen molar-refractivity contribution in [2.45, 2.75) is 18.7 Å². The second kappa shape index (κ2) is 6.42. The smallest absolute Gasteiger partial charge is 0.261 e. The summed E-state index contributed by atoms with van der Waals surface area (Å²) in [6, 6.07) is 11.8. The minimum atomic E-state index is -3.71. The summed E-state index contributed by atoms with van der Waals surface area (Å²) in [5.74, 6) is -0.793. The number of hydrogen-bond donors (Lipinski definition) is 1. The van der Waals surface area contributed by atoms with E-state index in [-0.39, 0.29) is 18.0 Å². The number of carbonyl (C=O) groups excluding carboxylic acids is 2. The highest BCUT2D eigenvalue weighted by Crippen LogP contribution is 2.22. The van der Waals surface area contributed by atoms with E-state index in [9.17, 15) is 18.0 Å². The Hall–Kier alpha value is -2.51. The van der Waals surface area contributed by atoms with E-state index in [2.05, 4.69) is 4.72 Å². The summed E-state index contributed by atoms with van der Waals surface area (Å²) in [5.41, 5.74) is 2.18. The SMILES string of the molecule is Cc1ccc(C)c(S(=O)(=O)NCCN2C(=O)c3ccccc3C2=O)c1. The molecule has 0 bridgehead atoms. The van der Waals surface area contributed by atoms with Crippen molar-refractivity contribution >= 4 is 21.8 Å². The molecule has 0 saturated heterocycles. The number of rotatable bonds is 5. The van der Waals surface area contributed by atoms with Crippen LogP contribution in [0, 0.1) is 13.8 Å². The van der Waals surface area contributed by atoms with Gasteiger partial charge >= 0.3 is 0 Å². The Morgan fingerprint density at radius 1 is 0.960 bits per heavy atom. The monoisotopic (exact) mass is 358 g/mol. The molecule has 0 spiro atoms. The van der Waals surface area contributed by atoms with Gasteiger partial charge in [-0.1, -0.05) is 24.3 Å². The zero-order valence-corrected chi connectivity index (χ0v) is 14.8. The molecule has 1 heterocycles. The molecule has 0 fully saturated rings. The van der Waals surface area contributed by atoms with E-state index in [1.807, 2.05) is 13.0 Å². The van der Waals surface area contributed by atoms with Gasteiger partial charge in [0.2, 0.25) is 10.0 Å². The highest BCUT2D eigenvalue weighted by Gasteiger charge is 2.34. The Balaban J connectivity index is 1.70. The highest BCUT2D eigenvalue weighted by molar-refractivity contribution is 7.89. The zero-order chi connectivity index (χ0) is 18.2. The van der Waals surface area contributed by atoms with Crippen molar-refractivity contribution in [1.82, 2.24) is 9.62 Å². The molecule has 0 radical (unpaired) electrons. The van der Waals surface area contributed by atoms with Crippen LogP contribution in [0.4, 0.5) is 0 Å². The van der Waals surface area contributed by atoms with E-state index in [0.717, 1.165) is 10.5 Å². The van der Waals surface area contributed by atoms with Gasteiger partial charge in [0.05, 0.1) is 16.0 Å². The number of hydrogen-bond acceptors (Lipinski definition) is 4. The van der Waals surface area contributed by atoms with E-state index in [1.165, 1.54) is 0 Å². The lowest BCUT2D eigenvalue weighted by atomic mass is 10.1. The summed E-state index contributed by atoms with van der Waals surface area (Å²) in [4.78, 5) is 25.8. The fourth-order valence-corrected chi connectivity index (χ4v) is 4.16. The predicted molar refractivity (Wildman–Crippen MR) is 92.9 cm³/mol. The molecule has 0 saturated carbocycles. The lowest BCUT2D eigenvalue weighted by Crippen LogP contribution is -2.38. The molecule has 0 atom stereocenters. The third-order valence-corrected chi connectivity index (χ3v) is 5.74. The first-order valence-electron chi connectivity index (χ1n) is 7.83. The molecule has 2 aromatic carbocycles. The molecular weight excluding hydrogens is 340 g/mol. The number of amides is 2. The summed E-state index contributed by atoms with van der Waals surface area (Å²) < 4.78 is 27.4. The van der Waals surface area contributed by atoms with Crippen LogP contribution in [0.5, 0.6) is 0 Å². The van der Waals surface area contributed by atoms with Crippen molar-refractivity contribution in [1.29, 1.82) is 0 Å². The van der Waals surface area contributed by atoms with Gasteiger partial charge in [-0.25, -0.2) is 13.1 Å². The number of imide groups is 1. The topological polar surface area (TPSA) is 83.6 Å². The Morgan fingerprint density at radius 3 is 2.16 bits per heavy atom. The van der Waals surface area contributed by atoms with E-state index in [1.54, 1.807) is 43.3 Å². The Kier molecular flexibility index (Phi) is 4.45. The van der Waals surface area contributed by atoms with Gasteiger partial charge in [0, 0.05) is 13.1 Å². The van der Waals surface area contributed by atoms with Crippen molar-refractivity contribution in [2.75, 3.05) is 13.1 Å². The van der Waals surface area contributed by atoms with E-state index >= 15 is 0 Å². The summed E-state index contributed by atoms with van der Waals surface area (Å²) >= 11 is 0. The number of sulfonamides is 1. The molecule has 1 N–H and O–H groups in total. The fourth-order valence-electron chi connectivity index (χ4n) is 2.81. The number of carbonyl (C=O) groups is 2. The Bertz CT molecular complexity index is 932. The van der Waals surface area contributed by atoms with Crippen molar-refractivity contribution in [3.63, 3.8) is 0 Å². The third kappa shape index (κ3) is 3.20. The van der Waals surface area contributed by atoms with Crippen LogP contribution in [-0.2, 0) is 10.0 Å². The van der Waals surface area contributed by atoms with Gasteiger partial charge in [-0.15, -0.1) is 0 Å². The van der Waals surface area contributed by atoms with Crippen LogP contribution in [0.2, 0.25) is 0 Å². The van der Waals surface area contributed by atoms with Crippen LogP contribution < -0.4 is 4.72 Å². The Morgan fingerprint density at radius 2 is 1.56 bits per heavy atom. The van der Waals surface area contributed by atoms with Gasteiger partial charge in [0.25, 0.3) is 11.8 Å². The largest absolute Gasteiger partial charge is 0.273 e. The van der Waals surface area contributed by atoms with Crippen LogP contribution in [0.3, 0.4) is 0 Å². The second-order valence-electron chi connectivity index (χ2n) is 5.97. The molecule has 2 amide bonds. The number of nitrogens with one attached hydrogen (secondary N) is 1. The third-order valence-electron chi connectivity index (χ3n) is 4.14. The van der Waals surface area contributed by atoms with E-state index in [4.69, 9.17) is 0 Å². The molecule has 6 nitrogen and oxygen atoms in total. The van der Waals surface area contributed by atoms with Crippen LogP contribution in [0.15, 0.2) is 47.4 Å². The predicted octanol–water partition coefficient (Wildman–Crippen LogP) is 1.88. The average Bonchev–Trinajstić information content (AvgIpc) is 2.82. The molecular formula is C18H18N2O4S. The highest BCUT2D eigenvalue weighted by atomic mass is 32.2. The molecule has 0 aliphatic carbocycles. The van der Waals surface area contributed by atoms with Crippen LogP contribution in [-0.4, -0.2) is 38.2 Å². The lowest BCUT2D eigenvalue weighted by Gasteiger charge is -2.15. The summed E-state index contributed by atoms with van der Waals surface area (Å²) in [7, 11) is -3.71. The summed E-state index contributed by atoms with van der Waals surface area (Å²) in [6.45, 7) is 3.48. The molecule has 1 aliphatic rings. The number of fused-ring (bicyclic) bond motifs is 1. The first kappa shape index (κ1) is 17.3. The van der Waals surface area contributed by atoms with Gasteiger partial charge in [-0.3, -0.25) is 14.5 Å². The molecule has 130 valence electrons. The number of nitrogens with zero attached hydrogens (tertiary/aromatic N) is 1. The van der Waals surface area contributed by atoms with Crippen molar-refractivity contribution in [3.8, 4) is 0 Å². The molecule has 3 rings (SSSR count). The zero-order valence-electron chi connectivity index (χ0n) is 13.9.